The second kappa shape index (κ2) is 8.05. The maximum atomic E-state index is 13.0. The minimum Gasteiger partial charge on any atom is -0.422 e. The average molecular weight is 445 g/mol. The minimum absolute atomic E-state index is 0.103. The second-order valence-corrected chi connectivity index (χ2v) is 8.52. The maximum absolute atomic E-state index is 13.0. The summed E-state index contributed by atoms with van der Waals surface area (Å²) in [5, 5.41) is 1.83. The van der Waals surface area contributed by atoms with Crippen molar-refractivity contribution in [1.82, 2.24) is 14.5 Å². The Labute approximate surface area is 188 Å². The fraction of sp³-hybridized carbons (Fsp3) is 0.167. The van der Waals surface area contributed by atoms with Crippen molar-refractivity contribution in [3.8, 4) is 28.3 Å². The molecule has 0 saturated heterocycles. The van der Waals surface area contributed by atoms with Gasteiger partial charge in [0, 0.05) is 36.5 Å². The molecule has 32 heavy (non-hydrogen) atoms. The Hall–Kier alpha value is -3.78. The van der Waals surface area contributed by atoms with Gasteiger partial charge in [0.15, 0.2) is 5.78 Å². The number of hydrogen-bond acceptors (Lipinski definition) is 7. The zero-order chi connectivity index (χ0) is 22.2. The van der Waals surface area contributed by atoms with Crippen molar-refractivity contribution in [2.45, 2.75) is 19.3 Å². The number of nitrogen functional groups attached to an aromatic ring is 1. The Balaban J connectivity index is 1.66. The van der Waals surface area contributed by atoms with Crippen LogP contribution in [0.4, 0.5) is 5.95 Å². The van der Waals surface area contributed by atoms with Crippen molar-refractivity contribution in [2.75, 3.05) is 5.73 Å². The van der Waals surface area contributed by atoms with Crippen LogP contribution in [0.5, 0.6) is 5.75 Å². The Morgan fingerprint density at radius 2 is 2.03 bits per heavy atom. The molecule has 0 fully saturated rings. The third-order valence-corrected chi connectivity index (χ3v) is 6.43. The van der Waals surface area contributed by atoms with E-state index in [1.54, 1.807) is 36.5 Å². The van der Waals surface area contributed by atoms with Gasteiger partial charge in [-0.05, 0) is 48.1 Å². The van der Waals surface area contributed by atoms with Crippen LogP contribution >= 0.6 is 11.3 Å². The first kappa shape index (κ1) is 20.1. The van der Waals surface area contributed by atoms with E-state index in [4.69, 9.17) is 10.5 Å². The zero-order valence-electron chi connectivity index (χ0n) is 17.4. The SMILES string of the molecule is Cn1c2c(c(-c3cccc(OC(=O)c4cccs4)c3)c1-c1ccnc(N)n1)C(=O)CCC2. The minimum atomic E-state index is -0.410. The topological polar surface area (TPSA) is 100 Å². The van der Waals surface area contributed by atoms with E-state index in [1.165, 1.54) is 11.3 Å². The Kier molecular flexibility index (Phi) is 5.07. The van der Waals surface area contributed by atoms with Crippen LogP contribution < -0.4 is 10.5 Å². The van der Waals surface area contributed by atoms with Crippen LogP contribution in [-0.2, 0) is 13.5 Å². The summed E-state index contributed by atoms with van der Waals surface area (Å²) < 4.78 is 7.62. The molecule has 5 rings (SSSR count). The third kappa shape index (κ3) is 3.48. The highest BCUT2D eigenvalue weighted by molar-refractivity contribution is 7.12. The van der Waals surface area contributed by atoms with E-state index < -0.39 is 5.97 Å². The quantitative estimate of drug-likeness (QED) is 0.367. The molecule has 4 aromatic rings. The van der Waals surface area contributed by atoms with Crippen LogP contribution in [-0.4, -0.2) is 26.3 Å². The maximum Gasteiger partial charge on any atom is 0.353 e. The Morgan fingerprint density at radius 1 is 1.16 bits per heavy atom. The van der Waals surface area contributed by atoms with Gasteiger partial charge in [0.2, 0.25) is 5.95 Å². The van der Waals surface area contributed by atoms with Gasteiger partial charge in [-0.15, -0.1) is 11.3 Å². The molecule has 0 saturated carbocycles. The van der Waals surface area contributed by atoms with Gasteiger partial charge in [0.25, 0.3) is 0 Å². The molecular formula is C24H20N4O3S. The number of hydrogen-bond donors (Lipinski definition) is 1. The van der Waals surface area contributed by atoms with Crippen LogP contribution in [0.15, 0.2) is 54.0 Å². The summed E-state index contributed by atoms with van der Waals surface area (Å²) in [5.74, 6) is 0.269. The van der Waals surface area contributed by atoms with Crippen LogP contribution in [0, 0.1) is 0 Å². The van der Waals surface area contributed by atoms with Crippen molar-refractivity contribution in [1.29, 1.82) is 0 Å². The Morgan fingerprint density at radius 3 is 2.81 bits per heavy atom. The molecular weight excluding hydrogens is 424 g/mol. The van der Waals surface area contributed by atoms with Crippen LogP contribution in [0.3, 0.4) is 0 Å². The molecule has 0 atom stereocenters. The van der Waals surface area contributed by atoms with Crippen LogP contribution in [0.2, 0.25) is 0 Å². The smallest absolute Gasteiger partial charge is 0.353 e. The molecule has 0 amide bonds. The van der Waals surface area contributed by atoms with E-state index in [2.05, 4.69) is 9.97 Å². The molecule has 0 unspecified atom stereocenters. The number of thiophene rings is 1. The number of Topliss-reactive ketones (excluding diaryl/α,β-unsaturated/α-hetero) is 1. The van der Waals surface area contributed by atoms with Gasteiger partial charge in [-0.2, -0.15) is 0 Å². The number of ketones is 1. The molecule has 1 aromatic carbocycles. The van der Waals surface area contributed by atoms with Crippen molar-refractivity contribution in [3.63, 3.8) is 0 Å². The number of anilines is 1. The van der Waals surface area contributed by atoms with Gasteiger partial charge in [0.1, 0.15) is 10.6 Å². The average Bonchev–Trinajstić information content (AvgIpc) is 3.42. The molecule has 3 aromatic heterocycles. The summed E-state index contributed by atoms with van der Waals surface area (Å²) in [5.41, 5.74) is 10.5. The van der Waals surface area contributed by atoms with Crippen molar-refractivity contribution in [2.24, 2.45) is 7.05 Å². The molecule has 3 heterocycles. The normalized spacial score (nSPS) is 13.1. The highest BCUT2D eigenvalue weighted by atomic mass is 32.1. The van der Waals surface area contributed by atoms with E-state index >= 15 is 0 Å². The molecule has 1 aliphatic rings. The molecule has 1 aliphatic carbocycles. The van der Waals surface area contributed by atoms with Gasteiger partial charge < -0.3 is 15.0 Å². The number of rotatable bonds is 4. The first-order valence-electron chi connectivity index (χ1n) is 10.2. The Bertz CT molecular complexity index is 1340. The number of esters is 1. The monoisotopic (exact) mass is 444 g/mol. The van der Waals surface area contributed by atoms with Gasteiger partial charge in [-0.3, -0.25) is 4.79 Å². The van der Waals surface area contributed by atoms with E-state index in [0.717, 1.165) is 35.4 Å². The predicted molar refractivity (Wildman–Crippen MR) is 123 cm³/mol. The van der Waals surface area contributed by atoms with E-state index in [-0.39, 0.29) is 11.7 Å². The molecule has 0 aliphatic heterocycles. The lowest BCUT2D eigenvalue weighted by Gasteiger charge is -2.13. The molecule has 160 valence electrons. The predicted octanol–water partition coefficient (Wildman–Crippen LogP) is 4.53. The van der Waals surface area contributed by atoms with Gasteiger partial charge in [0.05, 0.1) is 11.4 Å². The standard InChI is InChI=1S/C24H20N4O3S/c1-28-17-7-3-8-18(29)21(17)20(22(28)16-10-11-26-24(25)27-16)14-5-2-6-15(13-14)31-23(30)19-9-4-12-32-19/h2,4-6,9-13H,3,7-8H2,1H3,(H2,25,26,27). The summed E-state index contributed by atoms with van der Waals surface area (Å²) in [6, 6.07) is 12.6. The van der Waals surface area contributed by atoms with Gasteiger partial charge >= 0.3 is 5.97 Å². The van der Waals surface area contributed by atoms with Crippen LogP contribution in [0.1, 0.15) is 38.6 Å². The largest absolute Gasteiger partial charge is 0.422 e. The van der Waals surface area contributed by atoms with E-state index in [1.807, 2.05) is 29.1 Å². The number of carbonyl (C=O) groups is 2. The lowest BCUT2D eigenvalue weighted by atomic mass is 9.90. The number of nitrogens with zero attached hydrogens (tertiary/aromatic N) is 3. The third-order valence-electron chi connectivity index (χ3n) is 5.58. The molecule has 0 bridgehead atoms. The zero-order valence-corrected chi connectivity index (χ0v) is 18.2. The molecule has 0 spiro atoms. The number of carbonyl (C=O) groups excluding carboxylic acids is 2. The number of aromatic nitrogens is 3. The summed E-state index contributed by atoms with van der Waals surface area (Å²) in [7, 11) is 1.94. The first-order valence-corrected chi connectivity index (χ1v) is 11.1. The van der Waals surface area contributed by atoms with Crippen molar-refractivity contribution >= 4 is 29.0 Å². The highest BCUT2D eigenvalue weighted by Crippen LogP contribution is 2.42. The van der Waals surface area contributed by atoms with E-state index in [0.29, 0.717) is 28.3 Å². The molecule has 7 nitrogen and oxygen atoms in total. The fourth-order valence-electron chi connectivity index (χ4n) is 4.22. The number of fused-ring (bicyclic) bond motifs is 1. The van der Waals surface area contributed by atoms with Crippen molar-refractivity contribution in [3.05, 3.63) is 70.2 Å². The first-order chi connectivity index (χ1) is 15.5. The summed E-state index contributed by atoms with van der Waals surface area (Å²) in [6.07, 6.45) is 3.72. The molecule has 2 N–H and O–H groups in total. The van der Waals surface area contributed by atoms with Gasteiger partial charge in [-0.1, -0.05) is 18.2 Å². The molecule has 8 heteroatoms. The molecule has 0 radical (unpaired) electrons. The summed E-state index contributed by atoms with van der Waals surface area (Å²) >= 11 is 1.33. The van der Waals surface area contributed by atoms with Crippen LogP contribution in [0.25, 0.3) is 22.5 Å². The number of nitrogens with two attached hydrogens (primary N) is 1. The van der Waals surface area contributed by atoms with E-state index in [9.17, 15) is 9.59 Å². The lowest BCUT2D eigenvalue weighted by molar-refractivity contribution is 0.0739. The number of ether oxygens (including phenoxy) is 1. The van der Waals surface area contributed by atoms with Crippen molar-refractivity contribution < 1.29 is 14.3 Å². The lowest BCUT2D eigenvalue weighted by Crippen LogP contribution is -2.12. The summed E-state index contributed by atoms with van der Waals surface area (Å²) in [4.78, 5) is 34.4. The second-order valence-electron chi connectivity index (χ2n) is 7.58. The van der Waals surface area contributed by atoms with Gasteiger partial charge in [-0.25, -0.2) is 14.8 Å². The summed E-state index contributed by atoms with van der Waals surface area (Å²) in [6.45, 7) is 0. The highest BCUT2D eigenvalue weighted by Gasteiger charge is 2.30. The fourth-order valence-corrected chi connectivity index (χ4v) is 4.82. The number of benzene rings is 1.